The van der Waals surface area contributed by atoms with Gasteiger partial charge in [0.1, 0.15) is 5.82 Å². The average molecular weight is 236 g/mol. The summed E-state index contributed by atoms with van der Waals surface area (Å²) in [5, 5.41) is 5.96. The normalized spacial score (nSPS) is 21.2. The molecule has 0 radical (unpaired) electrons. The number of hydrogen-bond acceptors (Lipinski definition) is 2. The highest BCUT2D eigenvalue weighted by molar-refractivity contribution is 5.82. The predicted molar refractivity (Wildman–Crippen MR) is 64.0 cm³/mol. The lowest BCUT2D eigenvalue weighted by Crippen LogP contribution is -2.41. The summed E-state index contributed by atoms with van der Waals surface area (Å²) in [4.78, 5) is 11.8. The number of halogens is 1. The first kappa shape index (κ1) is 12.0. The van der Waals surface area contributed by atoms with Gasteiger partial charge in [0.05, 0.1) is 12.1 Å². The van der Waals surface area contributed by atoms with Crippen LogP contribution in [0, 0.1) is 5.82 Å². The van der Waals surface area contributed by atoms with Crippen molar-refractivity contribution in [2.24, 2.45) is 0 Å². The first-order valence-electron chi connectivity index (χ1n) is 5.96. The zero-order valence-corrected chi connectivity index (χ0v) is 9.87. The number of benzene rings is 1. The zero-order chi connectivity index (χ0) is 12.3. The van der Waals surface area contributed by atoms with Gasteiger partial charge in [-0.1, -0.05) is 18.2 Å². The van der Waals surface area contributed by atoms with Crippen LogP contribution in [0.4, 0.5) is 4.39 Å². The zero-order valence-electron chi connectivity index (χ0n) is 9.87. The largest absolute Gasteiger partial charge is 0.348 e. The summed E-state index contributed by atoms with van der Waals surface area (Å²) >= 11 is 0. The lowest BCUT2D eigenvalue weighted by Gasteiger charge is -2.18. The molecule has 2 rings (SSSR count). The Labute approximate surface area is 100 Å². The molecular weight excluding hydrogens is 219 g/mol. The highest BCUT2D eigenvalue weighted by Crippen LogP contribution is 2.16. The molecule has 0 spiro atoms. The average Bonchev–Trinajstić information content (AvgIpc) is 2.82. The molecule has 1 aromatic rings. The van der Waals surface area contributed by atoms with E-state index in [1.807, 2.05) is 0 Å². The number of carbonyl (C=O) groups is 1. The van der Waals surface area contributed by atoms with Crippen LogP contribution in [0.25, 0.3) is 0 Å². The fourth-order valence-electron chi connectivity index (χ4n) is 2.13. The van der Waals surface area contributed by atoms with Crippen molar-refractivity contribution in [3.05, 3.63) is 35.6 Å². The van der Waals surface area contributed by atoms with Crippen LogP contribution >= 0.6 is 0 Å². The van der Waals surface area contributed by atoms with Gasteiger partial charge in [0.15, 0.2) is 0 Å². The molecule has 1 aromatic carbocycles. The van der Waals surface area contributed by atoms with Gasteiger partial charge < -0.3 is 10.6 Å². The summed E-state index contributed by atoms with van der Waals surface area (Å²) in [6.07, 6.45) is 1.88. The minimum Gasteiger partial charge on any atom is -0.348 e. The first-order chi connectivity index (χ1) is 8.18. The van der Waals surface area contributed by atoms with E-state index in [-0.39, 0.29) is 23.8 Å². The molecular formula is C13H17FN2O. The van der Waals surface area contributed by atoms with E-state index in [1.165, 1.54) is 6.07 Å². The van der Waals surface area contributed by atoms with Crippen molar-refractivity contribution in [1.29, 1.82) is 0 Å². The Morgan fingerprint density at radius 1 is 1.53 bits per heavy atom. The van der Waals surface area contributed by atoms with Gasteiger partial charge in [0.2, 0.25) is 5.91 Å². The molecule has 2 N–H and O–H groups in total. The lowest BCUT2D eigenvalue weighted by molar-refractivity contribution is -0.123. The third kappa shape index (κ3) is 2.82. The first-order valence-corrected chi connectivity index (χ1v) is 5.96. The number of nitrogens with one attached hydrogen (secondary N) is 2. The molecule has 4 heteroatoms. The Balaban J connectivity index is 1.99. The van der Waals surface area contributed by atoms with Crippen molar-refractivity contribution >= 4 is 5.91 Å². The van der Waals surface area contributed by atoms with E-state index in [2.05, 4.69) is 10.6 Å². The summed E-state index contributed by atoms with van der Waals surface area (Å²) < 4.78 is 13.5. The smallest absolute Gasteiger partial charge is 0.237 e. The highest BCUT2D eigenvalue weighted by Gasteiger charge is 2.23. The SMILES string of the molecule is C[C@@H](NC(=O)[C@H]1CCCN1)c1ccccc1F. The molecule has 17 heavy (non-hydrogen) atoms. The summed E-state index contributed by atoms with van der Waals surface area (Å²) in [7, 11) is 0. The van der Waals surface area contributed by atoms with Crippen molar-refractivity contribution in [3.8, 4) is 0 Å². The highest BCUT2D eigenvalue weighted by atomic mass is 19.1. The Morgan fingerprint density at radius 2 is 2.29 bits per heavy atom. The maximum absolute atomic E-state index is 13.5. The molecule has 1 saturated heterocycles. The van der Waals surface area contributed by atoms with Gasteiger partial charge in [-0.05, 0) is 32.4 Å². The monoisotopic (exact) mass is 236 g/mol. The van der Waals surface area contributed by atoms with E-state index in [9.17, 15) is 9.18 Å². The molecule has 2 atom stereocenters. The maximum atomic E-state index is 13.5. The molecule has 1 aliphatic rings. The maximum Gasteiger partial charge on any atom is 0.237 e. The van der Waals surface area contributed by atoms with E-state index in [0.29, 0.717) is 5.56 Å². The number of carbonyl (C=O) groups excluding carboxylic acids is 1. The number of amides is 1. The molecule has 92 valence electrons. The van der Waals surface area contributed by atoms with Crippen molar-refractivity contribution < 1.29 is 9.18 Å². The van der Waals surface area contributed by atoms with Gasteiger partial charge >= 0.3 is 0 Å². The van der Waals surface area contributed by atoms with Crippen LogP contribution < -0.4 is 10.6 Å². The van der Waals surface area contributed by atoms with Crippen molar-refractivity contribution in [2.45, 2.75) is 31.8 Å². The molecule has 0 unspecified atom stereocenters. The second-order valence-electron chi connectivity index (χ2n) is 4.40. The molecule has 1 aliphatic heterocycles. The van der Waals surface area contributed by atoms with Crippen LogP contribution in [0.15, 0.2) is 24.3 Å². The van der Waals surface area contributed by atoms with Crippen molar-refractivity contribution in [1.82, 2.24) is 10.6 Å². The second-order valence-corrected chi connectivity index (χ2v) is 4.40. The summed E-state index contributed by atoms with van der Waals surface area (Å²) in [6.45, 7) is 2.68. The summed E-state index contributed by atoms with van der Waals surface area (Å²) in [5.41, 5.74) is 0.527. The van der Waals surface area contributed by atoms with Gasteiger partial charge in [0.25, 0.3) is 0 Å². The number of hydrogen-bond donors (Lipinski definition) is 2. The van der Waals surface area contributed by atoms with Crippen LogP contribution in [0.5, 0.6) is 0 Å². The van der Waals surface area contributed by atoms with Crippen LogP contribution in [0.3, 0.4) is 0 Å². The van der Waals surface area contributed by atoms with Gasteiger partial charge in [-0.2, -0.15) is 0 Å². The Morgan fingerprint density at radius 3 is 2.94 bits per heavy atom. The van der Waals surface area contributed by atoms with Crippen molar-refractivity contribution in [3.63, 3.8) is 0 Å². The lowest BCUT2D eigenvalue weighted by atomic mass is 10.1. The van der Waals surface area contributed by atoms with Crippen LogP contribution in [-0.2, 0) is 4.79 Å². The molecule has 0 aromatic heterocycles. The topological polar surface area (TPSA) is 41.1 Å². The molecule has 0 bridgehead atoms. The minimum absolute atomic E-state index is 0.0433. The number of rotatable bonds is 3. The molecule has 0 saturated carbocycles. The fourth-order valence-corrected chi connectivity index (χ4v) is 2.13. The van der Waals surface area contributed by atoms with E-state index >= 15 is 0 Å². The van der Waals surface area contributed by atoms with Gasteiger partial charge in [-0.3, -0.25) is 4.79 Å². The van der Waals surface area contributed by atoms with E-state index < -0.39 is 0 Å². The molecule has 1 amide bonds. The predicted octanol–water partition coefficient (Wildman–Crippen LogP) is 1.75. The Kier molecular flexibility index (Phi) is 3.74. The summed E-state index contributed by atoms with van der Waals surface area (Å²) in [6, 6.07) is 6.10. The molecule has 0 aliphatic carbocycles. The standard InChI is InChI=1S/C13H17FN2O/c1-9(10-5-2-3-6-11(10)14)16-13(17)12-7-4-8-15-12/h2-3,5-6,9,12,15H,4,7-8H2,1H3,(H,16,17)/t9-,12-/m1/s1. The fraction of sp³-hybridized carbons (Fsp3) is 0.462. The second kappa shape index (κ2) is 5.27. The van der Waals surface area contributed by atoms with Crippen LogP contribution in [0.2, 0.25) is 0 Å². The van der Waals surface area contributed by atoms with Gasteiger partial charge in [0, 0.05) is 5.56 Å². The van der Waals surface area contributed by atoms with E-state index in [4.69, 9.17) is 0 Å². The van der Waals surface area contributed by atoms with Crippen LogP contribution in [0.1, 0.15) is 31.4 Å². The quantitative estimate of drug-likeness (QED) is 0.839. The summed E-state index contributed by atoms with van der Waals surface area (Å²) in [5.74, 6) is -0.321. The van der Waals surface area contributed by atoms with E-state index in [0.717, 1.165) is 19.4 Å². The van der Waals surface area contributed by atoms with Gasteiger partial charge in [-0.25, -0.2) is 4.39 Å². The van der Waals surface area contributed by atoms with Crippen LogP contribution in [-0.4, -0.2) is 18.5 Å². The van der Waals surface area contributed by atoms with Gasteiger partial charge in [-0.15, -0.1) is 0 Å². The third-order valence-electron chi connectivity index (χ3n) is 3.11. The minimum atomic E-state index is -0.300. The van der Waals surface area contributed by atoms with Crippen molar-refractivity contribution in [2.75, 3.05) is 6.54 Å². The molecule has 3 nitrogen and oxygen atoms in total. The van der Waals surface area contributed by atoms with E-state index in [1.54, 1.807) is 25.1 Å². The Bertz CT molecular complexity index is 402. The molecule has 1 fully saturated rings. The Hall–Kier alpha value is -1.42. The molecule has 1 heterocycles. The third-order valence-corrected chi connectivity index (χ3v) is 3.11.